The Bertz CT molecular complexity index is 1060. The minimum absolute atomic E-state index is 0.00231. The number of carbonyl (C=O) groups excluding carboxylic acids is 1. The second kappa shape index (κ2) is 14.0. The lowest BCUT2D eigenvalue weighted by molar-refractivity contribution is -0.138. The highest BCUT2D eigenvalue weighted by Crippen LogP contribution is 2.61. The smallest absolute Gasteiger partial charge is 0.331 e. The summed E-state index contributed by atoms with van der Waals surface area (Å²) in [6.45, 7) is 12.5. The van der Waals surface area contributed by atoms with Gasteiger partial charge in [-0.2, -0.15) is 0 Å². The second-order valence-electron chi connectivity index (χ2n) is 13.6. The maximum Gasteiger partial charge on any atom is 0.331 e. The molecule has 42 heavy (non-hydrogen) atoms. The van der Waals surface area contributed by atoms with E-state index >= 15 is 0 Å². The Morgan fingerprint density at radius 3 is 1.90 bits per heavy atom. The topological polar surface area (TPSA) is 63.2 Å². The molecule has 13 atom stereocenters. The molecule has 232 valence electrons. The highest BCUT2D eigenvalue weighted by atomic mass is 16.5. The number of rotatable bonds is 0. The first-order chi connectivity index (χ1) is 20.2. The minimum Gasteiger partial charge on any atom is -0.499 e. The average Bonchev–Trinajstić information content (AvgIpc) is 3.80. The van der Waals surface area contributed by atoms with Gasteiger partial charge in [-0.3, -0.25) is 0 Å². The van der Waals surface area contributed by atoms with Crippen molar-refractivity contribution >= 4 is 5.97 Å². The van der Waals surface area contributed by atoms with Crippen molar-refractivity contribution in [1.29, 1.82) is 0 Å². The molecular weight excluding hydrogens is 528 g/mol. The van der Waals surface area contributed by atoms with Gasteiger partial charge >= 0.3 is 5.97 Å². The first-order valence-electron chi connectivity index (χ1n) is 16.4. The third-order valence-corrected chi connectivity index (χ3v) is 10.2. The number of fused-ring (bicyclic) bond motifs is 11. The van der Waals surface area contributed by atoms with E-state index < -0.39 is 0 Å². The summed E-state index contributed by atoms with van der Waals surface area (Å²) in [6, 6.07) is 0. The third kappa shape index (κ3) is 7.42. The molecule has 4 fully saturated rings. The summed E-state index contributed by atoms with van der Waals surface area (Å²) in [5.74, 6) is 4.98. The number of carbonyl (C=O) groups is 1. The van der Waals surface area contributed by atoms with E-state index in [9.17, 15) is 4.79 Å². The molecule has 0 aromatic heterocycles. The van der Waals surface area contributed by atoms with Gasteiger partial charge in [-0.1, -0.05) is 38.2 Å². The predicted molar refractivity (Wildman–Crippen MR) is 164 cm³/mol. The van der Waals surface area contributed by atoms with Crippen LogP contribution in [0.3, 0.4) is 0 Å². The average molecular weight is 581 g/mol. The van der Waals surface area contributed by atoms with Crippen molar-refractivity contribution in [3.8, 4) is 0 Å². The monoisotopic (exact) mass is 580 g/mol. The SMILES string of the molecule is CC1=CC(=O)OC1C.CC1CC2C=CC1O2.CC1CC2OC1C1C3C=CC(C3)C21.CC1CC=CO1.CC1CCC=CO1. The lowest BCUT2D eigenvalue weighted by Gasteiger charge is -2.31. The number of cyclic esters (lactones) is 1. The van der Waals surface area contributed by atoms with Crippen molar-refractivity contribution in [1.82, 2.24) is 0 Å². The van der Waals surface area contributed by atoms with Crippen LogP contribution in [0.1, 0.15) is 80.1 Å². The number of ether oxygens (including phenoxy) is 5. The molecule has 7 heterocycles. The Morgan fingerprint density at radius 2 is 1.50 bits per heavy atom. The normalized spacial score (nSPS) is 44.8. The standard InChI is InChI=1S/C12H16O.C7H10O.C6H8O2.C6H10O.C5H8O/c1-6-4-9-10-7-2-3-8(5-7)11(10)12(6)13-9;1-5-4-6-2-3-7(5)8-6;1-4-3-6(7)8-5(4)2;1-6-4-2-3-5-7-6;1-5-3-2-4-6-5/h2-3,6-12H,4-5H2,1H3;2-3,5-7H,4H2,1H3;3,5H,1-2H3;3,5-6H,2,4H2,1H3;2,4-5H,3H2,1H3. The zero-order valence-electron chi connectivity index (χ0n) is 26.4. The first-order valence-corrected chi connectivity index (χ1v) is 16.4. The van der Waals surface area contributed by atoms with Gasteiger partial charge < -0.3 is 23.7 Å². The molecule has 6 heteroatoms. The van der Waals surface area contributed by atoms with Gasteiger partial charge in [0, 0.05) is 12.5 Å². The van der Waals surface area contributed by atoms with E-state index in [2.05, 4.69) is 58.1 Å². The van der Waals surface area contributed by atoms with E-state index in [4.69, 9.17) is 23.7 Å². The summed E-state index contributed by atoms with van der Waals surface area (Å²) < 4.78 is 26.4. The third-order valence-electron chi connectivity index (χ3n) is 10.2. The lowest BCUT2D eigenvalue weighted by atomic mass is 9.70. The van der Waals surface area contributed by atoms with Gasteiger partial charge in [0.05, 0.1) is 49.1 Å². The Balaban J connectivity index is 0.000000109. The number of esters is 1. The van der Waals surface area contributed by atoms with Gasteiger partial charge in [0.2, 0.25) is 0 Å². The van der Waals surface area contributed by atoms with Gasteiger partial charge in [0.1, 0.15) is 6.10 Å². The predicted octanol–water partition coefficient (Wildman–Crippen LogP) is 7.47. The highest BCUT2D eigenvalue weighted by molar-refractivity contribution is 5.85. The van der Waals surface area contributed by atoms with Crippen molar-refractivity contribution in [2.24, 2.45) is 35.5 Å². The van der Waals surface area contributed by atoms with Gasteiger partial charge in [0.15, 0.2) is 0 Å². The van der Waals surface area contributed by atoms with Crippen LogP contribution in [0.25, 0.3) is 0 Å². The fourth-order valence-electron chi connectivity index (χ4n) is 7.73. The minimum atomic E-state index is -0.213. The molecule has 0 aromatic carbocycles. The summed E-state index contributed by atoms with van der Waals surface area (Å²) in [7, 11) is 0. The Labute approximate surface area is 253 Å². The molecule has 0 N–H and O–H groups in total. The van der Waals surface area contributed by atoms with Crippen LogP contribution in [0, 0.1) is 35.5 Å². The van der Waals surface area contributed by atoms with Crippen LogP contribution in [-0.2, 0) is 28.5 Å². The summed E-state index contributed by atoms with van der Waals surface area (Å²) >= 11 is 0. The van der Waals surface area contributed by atoms with E-state index in [0.29, 0.717) is 36.6 Å². The molecule has 13 unspecified atom stereocenters. The van der Waals surface area contributed by atoms with Gasteiger partial charge in [-0.15, -0.1) is 0 Å². The van der Waals surface area contributed by atoms with Crippen molar-refractivity contribution in [3.05, 3.63) is 60.6 Å². The summed E-state index contributed by atoms with van der Waals surface area (Å²) in [4.78, 5) is 10.4. The summed E-state index contributed by atoms with van der Waals surface area (Å²) in [6.07, 6.45) is 28.9. The van der Waals surface area contributed by atoms with Gasteiger partial charge in [-0.25, -0.2) is 4.79 Å². The van der Waals surface area contributed by atoms with Crippen molar-refractivity contribution in [2.45, 2.75) is 123 Å². The molecule has 7 aliphatic heterocycles. The molecule has 6 nitrogen and oxygen atoms in total. The number of allylic oxidation sites excluding steroid dienone is 3. The van der Waals surface area contributed by atoms with Crippen LogP contribution in [-0.4, -0.2) is 48.7 Å². The molecule has 2 aliphatic carbocycles. The molecule has 0 amide bonds. The molecule has 9 aliphatic rings. The van der Waals surface area contributed by atoms with Crippen LogP contribution >= 0.6 is 0 Å². The molecule has 3 saturated heterocycles. The summed E-state index contributed by atoms with van der Waals surface area (Å²) in [5, 5.41) is 0. The molecule has 0 radical (unpaired) electrons. The lowest BCUT2D eigenvalue weighted by Crippen LogP contribution is -2.34. The Kier molecular flexibility index (Phi) is 10.4. The van der Waals surface area contributed by atoms with Gasteiger partial charge in [0.25, 0.3) is 0 Å². The van der Waals surface area contributed by atoms with Gasteiger partial charge in [-0.05, 0) is 113 Å². The van der Waals surface area contributed by atoms with Crippen LogP contribution in [0.2, 0.25) is 0 Å². The molecule has 0 aromatic rings. The van der Waals surface area contributed by atoms with E-state index in [0.717, 1.165) is 47.5 Å². The zero-order chi connectivity index (χ0) is 29.8. The quantitative estimate of drug-likeness (QED) is 0.219. The molecule has 1 saturated carbocycles. The maximum atomic E-state index is 10.4. The van der Waals surface area contributed by atoms with E-state index in [1.54, 1.807) is 12.5 Å². The Morgan fingerprint density at radius 1 is 0.762 bits per heavy atom. The van der Waals surface area contributed by atoms with E-state index in [-0.39, 0.29) is 12.1 Å². The largest absolute Gasteiger partial charge is 0.499 e. The zero-order valence-corrected chi connectivity index (χ0v) is 26.4. The number of hydrogen-bond donors (Lipinski definition) is 0. The first kappa shape index (κ1) is 31.1. The molecule has 9 rings (SSSR count). The molecule has 0 spiro atoms. The number of hydrogen-bond acceptors (Lipinski definition) is 6. The Hall–Kier alpha value is -2.31. The van der Waals surface area contributed by atoms with Crippen LogP contribution < -0.4 is 0 Å². The highest BCUT2D eigenvalue weighted by Gasteiger charge is 2.61. The van der Waals surface area contributed by atoms with Crippen LogP contribution in [0.4, 0.5) is 0 Å². The van der Waals surface area contributed by atoms with Crippen molar-refractivity contribution in [3.63, 3.8) is 0 Å². The second-order valence-corrected chi connectivity index (χ2v) is 13.6. The van der Waals surface area contributed by atoms with Crippen molar-refractivity contribution in [2.75, 3.05) is 0 Å². The van der Waals surface area contributed by atoms with Crippen LogP contribution in [0.15, 0.2) is 60.6 Å². The molecular formula is C36H52O6. The van der Waals surface area contributed by atoms with Crippen molar-refractivity contribution < 1.29 is 28.5 Å². The summed E-state index contributed by atoms with van der Waals surface area (Å²) in [5.41, 5.74) is 1.01. The van der Waals surface area contributed by atoms with E-state index in [1.165, 1.54) is 38.2 Å². The van der Waals surface area contributed by atoms with E-state index in [1.807, 2.05) is 19.9 Å². The molecule has 6 bridgehead atoms. The fourth-order valence-corrected chi connectivity index (χ4v) is 7.73. The maximum absolute atomic E-state index is 10.4. The van der Waals surface area contributed by atoms with Crippen LogP contribution in [0.5, 0.6) is 0 Å². The fraction of sp³-hybridized carbons (Fsp3) is 0.694.